The molecule has 146 valence electrons. The number of imidazole rings is 1. The molecular formula is C21H36N4O. The minimum absolute atomic E-state index is 0.0197. The largest absolute Gasteiger partial charge is 0.349 e. The summed E-state index contributed by atoms with van der Waals surface area (Å²) in [7, 11) is 0. The van der Waals surface area contributed by atoms with Gasteiger partial charge in [-0.25, -0.2) is 4.98 Å². The van der Waals surface area contributed by atoms with Crippen LogP contribution in [0.3, 0.4) is 0 Å². The highest BCUT2D eigenvalue weighted by Crippen LogP contribution is 2.31. The summed E-state index contributed by atoms with van der Waals surface area (Å²) in [4.78, 5) is 19.8. The van der Waals surface area contributed by atoms with Crippen LogP contribution < -0.4 is 5.32 Å². The molecule has 0 spiro atoms. The number of nitrogens with one attached hydrogen (secondary N) is 1. The molecule has 1 N–H and O–H groups in total. The van der Waals surface area contributed by atoms with Crippen molar-refractivity contribution in [3.05, 3.63) is 18.2 Å². The number of aromatic nitrogens is 2. The van der Waals surface area contributed by atoms with Crippen molar-refractivity contribution in [2.75, 3.05) is 19.6 Å². The molecule has 0 unspecified atom stereocenters. The van der Waals surface area contributed by atoms with Crippen LogP contribution in [0.15, 0.2) is 12.4 Å². The molecule has 3 rings (SSSR count). The molecule has 0 radical (unpaired) electrons. The van der Waals surface area contributed by atoms with Gasteiger partial charge in [0.25, 0.3) is 0 Å². The molecule has 2 fully saturated rings. The third-order valence-corrected chi connectivity index (χ3v) is 6.44. The van der Waals surface area contributed by atoms with Crippen molar-refractivity contribution in [2.45, 2.75) is 77.8 Å². The topological polar surface area (TPSA) is 50.2 Å². The molecule has 1 atom stereocenters. The lowest BCUT2D eigenvalue weighted by Crippen LogP contribution is -2.58. The minimum Gasteiger partial charge on any atom is -0.349 e. The predicted octanol–water partition coefficient (Wildman–Crippen LogP) is 3.38. The third-order valence-electron chi connectivity index (χ3n) is 6.44. The van der Waals surface area contributed by atoms with Crippen molar-refractivity contribution in [1.29, 1.82) is 0 Å². The van der Waals surface area contributed by atoms with Crippen LogP contribution in [0.5, 0.6) is 0 Å². The Kier molecular flexibility index (Phi) is 6.38. The van der Waals surface area contributed by atoms with E-state index >= 15 is 0 Å². The highest BCUT2D eigenvalue weighted by Gasteiger charge is 2.36. The molecule has 26 heavy (non-hydrogen) atoms. The molecule has 1 aliphatic heterocycles. The van der Waals surface area contributed by atoms with E-state index in [0.717, 1.165) is 31.1 Å². The maximum Gasteiger partial charge on any atom is 0.225 e. The van der Waals surface area contributed by atoms with Gasteiger partial charge in [-0.2, -0.15) is 0 Å². The van der Waals surface area contributed by atoms with Crippen molar-refractivity contribution in [2.24, 2.45) is 11.8 Å². The summed E-state index contributed by atoms with van der Waals surface area (Å²) in [6.45, 7) is 10.5. The summed E-state index contributed by atoms with van der Waals surface area (Å²) in [6.07, 6.45) is 12.4. The molecule has 0 bridgehead atoms. The smallest absolute Gasteiger partial charge is 0.225 e. The van der Waals surface area contributed by atoms with Gasteiger partial charge in [-0.15, -0.1) is 0 Å². The van der Waals surface area contributed by atoms with Crippen LogP contribution >= 0.6 is 0 Å². The van der Waals surface area contributed by atoms with Crippen LogP contribution in [-0.4, -0.2) is 45.5 Å². The Morgan fingerprint density at radius 3 is 2.62 bits per heavy atom. The Labute approximate surface area is 158 Å². The number of rotatable bonds is 6. The molecular weight excluding hydrogens is 324 g/mol. The summed E-state index contributed by atoms with van der Waals surface area (Å²) >= 11 is 0. The number of hydrogen-bond donors (Lipinski definition) is 1. The minimum atomic E-state index is -0.0388. The molecule has 5 heteroatoms. The van der Waals surface area contributed by atoms with Gasteiger partial charge < -0.3 is 14.8 Å². The number of aryl methyl sites for hydroxylation is 1. The Balaban J connectivity index is 1.61. The molecule has 2 aliphatic rings. The van der Waals surface area contributed by atoms with Crippen molar-refractivity contribution < 1.29 is 4.79 Å². The Morgan fingerprint density at radius 1 is 1.31 bits per heavy atom. The molecule has 1 aromatic heterocycles. The van der Waals surface area contributed by atoms with E-state index in [1.54, 1.807) is 6.20 Å². The zero-order valence-electron chi connectivity index (χ0n) is 16.8. The quantitative estimate of drug-likeness (QED) is 0.846. The fourth-order valence-electron chi connectivity index (χ4n) is 4.56. The molecule has 1 amide bonds. The van der Waals surface area contributed by atoms with Gasteiger partial charge in [-0.1, -0.05) is 33.1 Å². The van der Waals surface area contributed by atoms with Gasteiger partial charge in [0.2, 0.25) is 5.91 Å². The van der Waals surface area contributed by atoms with Crippen molar-refractivity contribution >= 4 is 5.91 Å². The van der Waals surface area contributed by atoms with Gasteiger partial charge in [0.05, 0.1) is 11.5 Å². The lowest BCUT2D eigenvalue weighted by atomic mass is 9.80. The maximum absolute atomic E-state index is 13.0. The first-order chi connectivity index (χ1) is 12.5. The number of amides is 1. The number of nitrogens with zero attached hydrogens (tertiary/aromatic N) is 3. The third kappa shape index (κ3) is 4.87. The lowest BCUT2D eigenvalue weighted by Gasteiger charge is -2.44. The van der Waals surface area contributed by atoms with Gasteiger partial charge >= 0.3 is 0 Å². The second-order valence-corrected chi connectivity index (χ2v) is 8.82. The Hall–Kier alpha value is -1.36. The second kappa shape index (κ2) is 8.55. The van der Waals surface area contributed by atoms with Gasteiger partial charge in [-0.3, -0.25) is 4.79 Å². The fourth-order valence-corrected chi connectivity index (χ4v) is 4.56. The normalized spacial score (nSPS) is 22.9. The fraction of sp³-hybridized carbons (Fsp3) is 0.810. The highest BCUT2D eigenvalue weighted by molar-refractivity contribution is 5.79. The molecule has 1 saturated carbocycles. The van der Waals surface area contributed by atoms with Gasteiger partial charge in [-0.05, 0) is 51.6 Å². The first-order valence-electron chi connectivity index (χ1n) is 10.5. The maximum atomic E-state index is 13.0. The van der Waals surface area contributed by atoms with Gasteiger partial charge in [0.1, 0.15) is 5.82 Å². The molecule has 5 nitrogen and oxygen atoms in total. The second-order valence-electron chi connectivity index (χ2n) is 8.82. The van der Waals surface area contributed by atoms with E-state index in [0.29, 0.717) is 6.54 Å². The Bertz CT molecular complexity index is 583. The first-order valence-corrected chi connectivity index (χ1v) is 10.5. The van der Waals surface area contributed by atoms with E-state index < -0.39 is 0 Å². The molecule has 0 aromatic carbocycles. The average molecular weight is 361 g/mol. The SMILES string of the molecule is Cc1nccn1C[C@H](C)C(=O)NC1(CN2CCC(C)CC2)CCCCC1. The predicted molar refractivity (Wildman–Crippen MR) is 105 cm³/mol. The summed E-state index contributed by atoms with van der Waals surface area (Å²) in [5.41, 5.74) is -0.0197. The van der Waals surface area contributed by atoms with Crippen molar-refractivity contribution in [3.8, 4) is 0 Å². The van der Waals surface area contributed by atoms with Crippen LogP contribution in [0.25, 0.3) is 0 Å². The first kappa shape index (κ1) is 19.4. The van der Waals surface area contributed by atoms with Crippen LogP contribution in [0.1, 0.15) is 64.6 Å². The van der Waals surface area contributed by atoms with Crippen LogP contribution in [-0.2, 0) is 11.3 Å². The zero-order valence-corrected chi connectivity index (χ0v) is 16.8. The van der Waals surface area contributed by atoms with E-state index in [-0.39, 0.29) is 17.4 Å². The van der Waals surface area contributed by atoms with E-state index in [2.05, 4.69) is 26.7 Å². The van der Waals surface area contributed by atoms with E-state index in [4.69, 9.17) is 0 Å². The summed E-state index contributed by atoms with van der Waals surface area (Å²) in [5.74, 6) is 1.98. The van der Waals surface area contributed by atoms with E-state index in [9.17, 15) is 4.79 Å². The van der Waals surface area contributed by atoms with Gasteiger partial charge in [0, 0.05) is 25.5 Å². The number of piperidine rings is 1. The number of carbonyl (C=O) groups excluding carboxylic acids is 1. The van der Waals surface area contributed by atoms with E-state index in [1.165, 1.54) is 45.2 Å². The van der Waals surface area contributed by atoms with E-state index in [1.807, 2.05) is 20.0 Å². The van der Waals surface area contributed by atoms with Crippen LogP contribution in [0, 0.1) is 18.8 Å². The average Bonchev–Trinajstić information content (AvgIpc) is 3.02. The van der Waals surface area contributed by atoms with Crippen LogP contribution in [0.4, 0.5) is 0 Å². The number of carbonyl (C=O) groups is 1. The molecule has 2 heterocycles. The molecule has 1 aromatic rings. The van der Waals surface area contributed by atoms with Crippen LogP contribution in [0.2, 0.25) is 0 Å². The monoisotopic (exact) mass is 360 g/mol. The highest BCUT2D eigenvalue weighted by atomic mass is 16.2. The zero-order chi connectivity index (χ0) is 18.6. The van der Waals surface area contributed by atoms with Crippen molar-refractivity contribution in [3.63, 3.8) is 0 Å². The molecule has 1 aliphatic carbocycles. The van der Waals surface area contributed by atoms with Gasteiger partial charge in [0.15, 0.2) is 0 Å². The summed E-state index contributed by atoms with van der Waals surface area (Å²) in [5, 5.41) is 3.51. The Morgan fingerprint density at radius 2 is 2.00 bits per heavy atom. The summed E-state index contributed by atoms with van der Waals surface area (Å²) in [6, 6.07) is 0. The summed E-state index contributed by atoms with van der Waals surface area (Å²) < 4.78 is 2.07. The molecule has 1 saturated heterocycles. The van der Waals surface area contributed by atoms with Crippen molar-refractivity contribution in [1.82, 2.24) is 19.8 Å². The standard InChI is InChI=1S/C21H36N4O/c1-17-7-12-24(13-8-17)16-21(9-5-4-6-10-21)23-20(26)18(2)15-25-14-11-22-19(25)3/h11,14,17-18H,4-10,12-13,15-16H2,1-3H3,(H,23,26)/t18-/m0/s1. The number of likely N-dealkylation sites (tertiary alicyclic amines) is 1. The lowest BCUT2D eigenvalue weighted by molar-refractivity contribution is -0.127. The number of hydrogen-bond acceptors (Lipinski definition) is 3.